The number of hydrogen-bond donors (Lipinski definition) is 0. The zero-order valence-corrected chi connectivity index (χ0v) is 18.8. The molecule has 2 aliphatic carbocycles. The molecule has 3 aromatic carbocycles. The van der Waals surface area contributed by atoms with E-state index in [0.29, 0.717) is 0 Å². The molecule has 0 bridgehead atoms. The second-order valence-corrected chi connectivity index (χ2v) is 9.69. The number of fused-ring (bicyclic) bond motifs is 15. The van der Waals surface area contributed by atoms with E-state index in [1.165, 1.54) is 50.0 Å². The molecule has 4 nitrogen and oxygen atoms in total. The van der Waals surface area contributed by atoms with E-state index in [0.717, 1.165) is 45.9 Å². The van der Waals surface area contributed by atoms with E-state index in [1.54, 1.807) is 0 Å². The molecule has 2 aliphatic rings. The Morgan fingerprint density at radius 2 is 1.43 bits per heavy atom. The molecule has 0 saturated heterocycles. The number of pyridine rings is 3. The van der Waals surface area contributed by atoms with Crippen LogP contribution in [0.2, 0.25) is 0 Å². The molecule has 9 rings (SSSR count). The van der Waals surface area contributed by atoms with Gasteiger partial charge in [-0.25, -0.2) is 4.98 Å². The van der Waals surface area contributed by atoms with E-state index < -0.39 is 0 Å². The predicted octanol–water partition coefficient (Wildman–Crippen LogP) is 6.73. The van der Waals surface area contributed by atoms with E-state index >= 15 is 0 Å². The molecule has 0 atom stereocenters. The Kier molecular flexibility index (Phi) is 3.11. The lowest BCUT2D eigenvalue weighted by Crippen LogP contribution is -1.95. The van der Waals surface area contributed by atoms with Gasteiger partial charge in [0, 0.05) is 23.3 Å². The lowest BCUT2D eigenvalue weighted by molar-refractivity contribution is 1.24. The van der Waals surface area contributed by atoms with Gasteiger partial charge in [0.2, 0.25) is 0 Å². The monoisotopic (exact) mass is 446 g/mol. The molecule has 35 heavy (non-hydrogen) atoms. The minimum Gasteiger partial charge on any atom is -0.289 e. The summed E-state index contributed by atoms with van der Waals surface area (Å²) >= 11 is 0. The molecular weight excluding hydrogens is 428 g/mol. The molecule has 4 aromatic heterocycles. The maximum absolute atomic E-state index is 5.14. The van der Waals surface area contributed by atoms with Crippen molar-refractivity contribution in [1.29, 1.82) is 0 Å². The third kappa shape index (κ3) is 2.15. The average Bonchev–Trinajstić information content (AvgIpc) is 3.58. The van der Waals surface area contributed by atoms with E-state index in [4.69, 9.17) is 9.97 Å². The van der Waals surface area contributed by atoms with Crippen molar-refractivity contribution in [2.24, 2.45) is 0 Å². The van der Waals surface area contributed by atoms with Gasteiger partial charge in [-0.2, -0.15) is 0 Å². The summed E-state index contributed by atoms with van der Waals surface area (Å²) in [6.45, 7) is 0. The molecule has 0 N–H and O–H groups in total. The van der Waals surface area contributed by atoms with E-state index in [9.17, 15) is 0 Å². The number of hydrogen-bond acceptors (Lipinski definition) is 3. The van der Waals surface area contributed by atoms with Crippen LogP contribution in [-0.2, 0) is 12.8 Å². The van der Waals surface area contributed by atoms with Gasteiger partial charge >= 0.3 is 0 Å². The Hall–Kier alpha value is -4.57. The zero-order valence-electron chi connectivity index (χ0n) is 18.8. The fraction of sp³-hybridized carbons (Fsp3) is 0.0645. The van der Waals surface area contributed by atoms with Crippen LogP contribution in [0.15, 0.2) is 85.2 Å². The standard InChI is InChI=1S/C31H18N4/c1-2-6-21-17(5-1)13-19-16-24-20(15-23(19)21)14-18-9-10-25-30(27(18)24)35-26-8-4-12-33-29(26)28-22(31(35)34-25)7-3-11-32-28/h1-12,15-16H,13-14H2. The summed E-state index contributed by atoms with van der Waals surface area (Å²) in [5, 5.41) is 1.03. The molecule has 0 fully saturated rings. The van der Waals surface area contributed by atoms with E-state index in [-0.39, 0.29) is 0 Å². The Balaban J connectivity index is 1.43. The Morgan fingerprint density at radius 3 is 2.40 bits per heavy atom. The first-order valence-corrected chi connectivity index (χ1v) is 12.0. The topological polar surface area (TPSA) is 43.1 Å². The van der Waals surface area contributed by atoms with Crippen molar-refractivity contribution in [2.75, 3.05) is 0 Å². The number of imidazole rings is 1. The highest BCUT2D eigenvalue weighted by Crippen LogP contribution is 2.47. The Labute approximate surface area is 200 Å². The van der Waals surface area contributed by atoms with Crippen LogP contribution in [0.1, 0.15) is 22.3 Å². The lowest BCUT2D eigenvalue weighted by atomic mass is 9.97. The van der Waals surface area contributed by atoms with Crippen molar-refractivity contribution in [3.05, 3.63) is 107 Å². The van der Waals surface area contributed by atoms with E-state index in [2.05, 4.69) is 70.0 Å². The minimum atomic E-state index is 0.901. The van der Waals surface area contributed by atoms with Crippen LogP contribution in [0.3, 0.4) is 0 Å². The van der Waals surface area contributed by atoms with Crippen molar-refractivity contribution >= 4 is 38.6 Å². The van der Waals surface area contributed by atoms with E-state index in [1.807, 2.05) is 24.5 Å². The minimum absolute atomic E-state index is 0.901. The first-order chi connectivity index (χ1) is 17.3. The second kappa shape index (κ2) is 6.10. The van der Waals surface area contributed by atoms with Crippen LogP contribution in [0.5, 0.6) is 0 Å². The molecule has 0 radical (unpaired) electrons. The molecule has 4 heterocycles. The number of rotatable bonds is 0. The molecule has 7 aromatic rings. The SMILES string of the molecule is c1ccc2c(c1)Cc1cc3c(cc1-2)Cc1ccc2nc4c5cccnc5c5ncccc5n4c2c1-3. The summed E-state index contributed by atoms with van der Waals surface area (Å²) in [4.78, 5) is 14.6. The van der Waals surface area contributed by atoms with Crippen LogP contribution < -0.4 is 0 Å². The van der Waals surface area contributed by atoms with Crippen molar-refractivity contribution in [3.8, 4) is 22.3 Å². The van der Waals surface area contributed by atoms with Crippen molar-refractivity contribution < 1.29 is 0 Å². The number of nitrogens with zero attached hydrogens (tertiary/aromatic N) is 4. The molecule has 4 heteroatoms. The number of aromatic nitrogens is 4. The smallest absolute Gasteiger partial charge is 0.148 e. The molecular formula is C31H18N4. The van der Waals surface area contributed by atoms with Crippen LogP contribution in [0.4, 0.5) is 0 Å². The van der Waals surface area contributed by atoms with Crippen LogP contribution in [-0.4, -0.2) is 19.4 Å². The van der Waals surface area contributed by atoms with Crippen LogP contribution in [0.25, 0.3) is 60.9 Å². The van der Waals surface area contributed by atoms with Gasteiger partial charge in [0.25, 0.3) is 0 Å². The highest BCUT2D eigenvalue weighted by Gasteiger charge is 2.28. The van der Waals surface area contributed by atoms with Crippen molar-refractivity contribution in [2.45, 2.75) is 12.8 Å². The van der Waals surface area contributed by atoms with Gasteiger partial charge < -0.3 is 0 Å². The van der Waals surface area contributed by atoms with Gasteiger partial charge in [0.1, 0.15) is 16.7 Å². The highest BCUT2D eigenvalue weighted by molar-refractivity contribution is 6.12. The van der Waals surface area contributed by atoms with Crippen LogP contribution in [0, 0.1) is 0 Å². The summed E-state index contributed by atoms with van der Waals surface area (Å²) in [5.74, 6) is 0. The summed E-state index contributed by atoms with van der Waals surface area (Å²) in [6.07, 6.45) is 5.64. The predicted molar refractivity (Wildman–Crippen MR) is 140 cm³/mol. The van der Waals surface area contributed by atoms with Gasteiger partial charge in [-0.05, 0) is 94.3 Å². The zero-order chi connectivity index (χ0) is 22.7. The first-order valence-electron chi connectivity index (χ1n) is 12.0. The second-order valence-electron chi connectivity index (χ2n) is 9.69. The fourth-order valence-electron chi connectivity index (χ4n) is 6.42. The van der Waals surface area contributed by atoms with Gasteiger partial charge in [-0.1, -0.05) is 30.3 Å². The van der Waals surface area contributed by atoms with Crippen LogP contribution >= 0.6 is 0 Å². The molecule has 162 valence electrons. The van der Waals surface area contributed by atoms with Gasteiger partial charge in [-0.15, -0.1) is 0 Å². The maximum Gasteiger partial charge on any atom is 0.148 e. The Bertz CT molecular complexity index is 2070. The summed E-state index contributed by atoms with van der Waals surface area (Å²) < 4.78 is 2.32. The van der Waals surface area contributed by atoms with Crippen molar-refractivity contribution in [3.63, 3.8) is 0 Å². The number of benzene rings is 3. The normalized spacial score (nSPS) is 13.5. The third-order valence-electron chi connectivity index (χ3n) is 7.87. The highest BCUT2D eigenvalue weighted by atomic mass is 15.0. The molecule has 0 aliphatic heterocycles. The average molecular weight is 447 g/mol. The molecule has 0 saturated carbocycles. The van der Waals surface area contributed by atoms with Gasteiger partial charge in [-0.3, -0.25) is 14.4 Å². The lowest BCUT2D eigenvalue weighted by Gasteiger charge is -2.10. The molecule has 0 spiro atoms. The van der Waals surface area contributed by atoms with Gasteiger partial charge in [0.15, 0.2) is 0 Å². The summed E-state index contributed by atoms with van der Waals surface area (Å²) in [6, 6.07) is 26.4. The largest absolute Gasteiger partial charge is 0.289 e. The first kappa shape index (κ1) is 17.8. The quantitative estimate of drug-likeness (QED) is 0.243. The fourth-order valence-corrected chi connectivity index (χ4v) is 6.42. The third-order valence-corrected chi connectivity index (χ3v) is 7.87. The maximum atomic E-state index is 5.14. The molecule has 0 amide bonds. The summed E-state index contributed by atoms with van der Waals surface area (Å²) in [5.41, 5.74) is 17.1. The van der Waals surface area contributed by atoms with Gasteiger partial charge in [0.05, 0.1) is 16.6 Å². The summed E-state index contributed by atoms with van der Waals surface area (Å²) in [7, 11) is 0. The van der Waals surface area contributed by atoms with Crippen molar-refractivity contribution in [1.82, 2.24) is 19.4 Å². The molecule has 0 unspecified atom stereocenters. The Morgan fingerprint density at radius 1 is 0.629 bits per heavy atom.